The van der Waals surface area contributed by atoms with Crippen LogP contribution in [0.1, 0.15) is 72.9 Å². The average Bonchev–Trinajstić information content (AvgIpc) is 3.32. The number of carbonyl (C=O) groups excluding carboxylic acids is 2. The van der Waals surface area contributed by atoms with E-state index in [1.807, 2.05) is 13.0 Å². The molecular formula is C26H33N3O5S2. The van der Waals surface area contributed by atoms with Crippen molar-refractivity contribution in [2.45, 2.75) is 70.5 Å². The van der Waals surface area contributed by atoms with E-state index in [2.05, 4.69) is 17.2 Å². The van der Waals surface area contributed by atoms with Crippen molar-refractivity contribution in [1.82, 2.24) is 4.98 Å². The number of nitrogens with one attached hydrogen (secondary N) is 1. The van der Waals surface area contributed by atoms with Gasteiger partial charge in [0.2, 0.25) is 5.91 Å². The standard InChI is InChI=1S/C26H33N3O5S2/c1-14-12-28-25(35-14)29-22(31)8-4-15-11-21(30)26(2)10-9-18-17-5-3-16(13-36(32,33)34)24(27)20(17)7-6-19(18)23(15)26/h3,5,12,15,18-19,23H,4,6-11,13,27H2,1-2H3,(H,28,29,31)(H,32,33,34)/t15-,18?,19?,23?,26-/m1/s1. The number of hydrogen-bond acceptors (Lipinski definition) is 7. The molecule has 2 aromatic rings. The van der Waals surface area contributed by atoms with E-state index in [4.69, 9.17) is 5.73 Å². The Bertz CT molecular complexity index is 1320. The number of hydrogen-bond donors (Lipinski definition) is 3. The molecule has 0 bridgehead atoms. The minimum Gasteiger partial charge on any atom is -0.398 e. The highest BCUT2D eigenvalue weighted by atomic mass is 32.2. The van der Waals surface area contributed by atoms with Crippen LogP contribution in [-0.2, 0) is 31.9 Å². The summed E-state index contributed by atoms with van der Waals surface area (Å²) in [4.78, 5) is 31.1. The fraction of sp³-hybridized carbons (Fsp3) is 0.577. The molecule has 1 heterocycles. The van der Waals surface area contributed by atoms with Crippen LogP contribution in [0.2, 0.25) is 0 Å². The number of nitrogens with two attached hydrogens (primary N) is 1. The van der Waals surface area contributed by atoms with E-state index in [0.717, 1.165) is 41.7 Å². The maximum Gasteiger partial charge on any atom is 0.269 e. The Labute approximate surface area is 215 Å². The third-order valence-corrected chi connectivity index (χ3v) is 10.3. The Morgan fingerprint density at radius 2 is 2.11 bits per heavy atom. The first-order valence-electron chi connectivity index (χ1n) is 12.6. The fourth-order valence-electron chi connectivity index (χ4n) is 7.30. The SMILES string of the molecule is Cc1cnc(NC(=O)CC[C@@H]2CC(=O)[C@@]3(C)CCC4c5ccc(CS(=O)(=O)O)c(N)c5CCC4C23)s1. The van der Waals surface area contributed by atoms with E-state index in [-0.39, 0.29) is 29.1 Å². The molecule has 3 unspecified atom stereocenters. The third-order valence-electron chi connectivity index (χ3n) is 8.84. The molecule has 0 radical (unpaired) electrons. The molecule has 4 N–H and O–H groups in total. The zero-order valence-corrected chi connectivity index (χ0v) is 22.3. The minimum absolute atomic E-state index is 0.0640. The van der Waals surface area contributed by atoms with Crippen molar-refractivity contribution in [3.63, 3.8) is 0 Å². The van der Waals surface area contributed by atoms with Crippen LogP contribution in [0.4, 0.5) is 10.8 Å². The van der Waals surface area contributed by atoms with E-state index < -0.39 is 15.9 Å². The van der Waals surface area contributed by atoms with Crippen LogP contribution in [0.5, 0.6) is 0 Å². The van der Waals surface area contributed by atoms with Crippen LogP contribution in [0.3, 0.4) is 0 Å². The van der Waals surface area contributed by atoms with Gasteiger partial charge in [-0.2, -0.15) is 8.42 Å². The predicted octanol–water partition coefficient (Wildman–Crippen LogP) is 4.49. The van der Waals surface area contributed by atoms with E-state index in [9.17, 15) is 22.6 Å². The molecule has 3 aliphatic rings. The normalized spacial score (nSPS) is 29.4. The van der Waals surface area contributed by atoms with Crippen LogP contribution >= 0.6 is 11.3 Å². The number of amides is 1. The minimum atomic E-state index is -4.17. The van der Waals surface area contributed by atoms with Gasteiger partial charge in [-0.3, -0.25) is 14.1 Å². The van der Waals surface area contributed by atoms with Crippen molar-refractivity contribution in [1.29, 1.82) is 0 Å². The number of anilines is 2. The highest BCUT2D eigenvalue weighted by Crippen LogP contribution is 2.62. The van der Waals surface area contributed by atoms with Gasteiger partial charge in [-0.25, -0.2) is 4.98 Å². The van der Waals surface area contributed by atoms with Crippen LogP contribution in [-0.4, -0.2) is 29.6 Å². The lowest BCUT2D eigenvalue weighted by Gasteiger charge is -2.50. The Hall–Kier alpha value is -2.30. The van der Waals surface area contributed by atoms with Gasteiger partial charge in [-0.1, -0.05) is 19.1 Å². The number of aryl methyl sites for hydroxylation is 1. The number of Topliss-reactive ketones (excluding diaryl/α,β-unsaturated/α-hetero) is 1. The molecule has 8 nitrogen and oxygen atoms in total. The van der Waals surface area contributed by atoms with Gasteiger partial charge in [0, 0.05) is 35.0 Å². The van der Waals surface area contributed by atoms with Gasteiger partial charge >= 0.3 is 0 Å². The van der Waals surface area contributed by atoms with Crippen LogP contribution < -0.4 is 11.1 Å². The number of rotatable bonds is 6. The monoisotopic (exact) mass is 531 g/mol. The molecule has 36 heavy (non-hydrogen) atoms. The number of carbonyl (C=O) groups is 2. The summed E-state index contributed by atoms with van der Waals surface area (Å²) in [5.41, 5.74) is 9.06. The van der Waals surface area contributed by atoms with Gasteiger partial charge in [0.05, 0.1) is 0 Å². The molecule has 0 saturated heterocycles. The molecule has 5 atom stereocenters. The molecule has 1 aromatic carbocycles. The van der Waals surface area contributed by atoms with Crippen molar-refractivity contribution in [2.75, 3.05) is 11.1 Å². The number of thiazole rings is 1. The molecule has 1 amide bonds. The molecule has 2 saturated carbocycles. The van der Waals surface area contributed by atoms with E-state index in [0.29, 0.717) is 47.3 Å². The Balaban J connectivity index is 1.36. The number of ketones is 1. The maximum absolute atomic E-state index is 13.2. The highest BCUT2D eigenvalue weighted by molar-refractivity contribution is 7.85. The summed E-state index contributed by atoms with van der Waals surface area (Å²) < 4.78 is 32.2. The Kier molecular flexibility index (Phi) is 6.49. The van der Waals surface area contributed by atoms with Gasteiger partial charge in [0.15, 0.2) is 5.13 Å². The number of nitrogens with zero attached hydrogens (tertiary/aromatic N) is 1. The fourth-order valence-corrected chi connectivity index (χ4v) is 8.63. The largest absolute Gasteiger partial charge is 0.398 e. The second-order valence-corrected chi connectivity index (χ2v) is 13.7. The van der Waals surface area contributed by atoms with Crippen molar-refractivity contribution in [3.8, 4) is 0 Å². The zero-order valence-electron chi connectivity index (χ0n) is 20.6. The lowest BCUT2D eigenvalue weighted by molar-refractivity contribution is -0.129. The molecule has 194 valence electrons. The summed E-state index contributed by atoms with van der Waals surface area (Å²) in [7, 11) is -4.17. The lowest BCUT2D eigenvalue weighted by Crippen LogP contribution is -2.44. The van der Waals surface area contributed by atoms with Gasteiger partial charge in [0.25, 0.3) is 10.1 Å². The Morgan fingerprint density at radius 3 is 2.81 bits per heavy atom. The molecule has 3 aliphatic carbocycles. The molecule has 5 rings (SSSR count). The molecule has 10 heteroatoms. The van der Waals surface area contributed by atoms with Crippen molar-refractivity contribution in [3.05, 3.63) is 39.9 Å². The highest BCUT2D eigenvalue weighted by Gasteiger charge is 2.58. The van der Waals surface area contributed by atoms with Crippen molar-refractivity contribution in [2.24, 2.45) is 23.2 Å². The second kappa shape index (κ2) is 9.22. The summed E-state index contributed by atoms with van der Waals surface area (Å²) in [5.74, 6) is 0.729. The second-order valence-electron chi connectivity index (χ2n) is 11.0. The van der Waals surface area contributed by atoms with E-state index in [1.165, 1.54) is 11.3 Å². The van der Waals surface area contributed by atoms with Crippen LogP contribution in [0.25, 0.3) is 0 Å². The van der Waals surface area contributed by atoms with Crippen molar-refractivity contribution >= 4 is 44.0 Å². The first kappa shape index (κ1) is 25.4. The van der Waals surface area contributed by atoms with Gasteiger partial charge in [0.1, 0.15) is 11.5 Å². The first-order valence-corrected chi connectivity index (χ1v) is 15.0. The smallest absolute Gasteiger partial charge is 0.269 e. The third kappa shape index (κ3) is 4.59. The first-order chi connectivity index (χ1) is 17.0. The van der Waals surface area contributed by atoms with E-state index in [1.54, 1.807) is 12.3 Å². The molecule has 1 aromatic heterocycles. The number of nitrogen functional groups attached to an aromatic ring is 1. The number of fused-ring (bicyclic) bond motifs is 5. The number of benzene rings is 1. The summed E-state index contributed by atoms with van der Waals surface area (Å²) in [6.45, 7) is 4.07. The van der Waals surface area contributed by atoms with Crippen molar-refractivity contribution < 1.29 is 22.6 Å². The summed E-state index contributed by atoms with van der Waals surface area (Å²) >= 11 is 1.45. The summed E-state index contributed by atoms with van der Waals surface area (Å²) in [5, 5.41) is 3.49. The molecule has 0 spiro atoms. The average molecular weight is 532 g/mol. The number of aromatic nitrogens is 1. The maximum atomic E-state index is 13.2. The predicted molar refractivity (Wildman–Crippen MR) is 139 cm³/mol. The molecular weight excluding hydrogens is 498 g/mol. The zero-order chi connectivity index (χ0) is 25.8. The summed E-state index contributed by atoms with van der Waals surface area (Å²) in [6, 6.07) is 3.70. The van der Waals surface area contributed by atoms with Crippen LogP contribution in [0.15, 0.2) is 18.3 Å². The van der Waals surface area contributed by atoms with Crippen LogP contribution in [0, 0.1) is 30.1 Å². The Morgan fingerprint density at radius 1 is 1.33 bits per heavy atom. The lowest BCUT2D eigenvalue weighted by atomic mass is 9.54. The molecule has 2 fully saturated rings. The van der Waals surface area contributed by atoms with Gasteiger partial charge in [-0.15, -0.1) is 11.3 Å². The summed E-state index contributed by atoms with van der Waals surface area (Å²) in [6.07, 6.45) is 6.61. The quantitative estimate of drug-likeness (QED) is 0.368. The van der Waals surface area contributed by atoms with Gasteiger partial charge < -0.3 is 11.1 Å². The van der Waals surface area contributed by atoms with Gasteiger partial charge in [-0.05, 0) is 79.4 Å². The topological polar surface area (TPSA) is 139 Å². The van der Waals surface area contributed by atoms with E-state index >= 15 is 0 Å². The molecule has 0 aliphatic heterocycles.